The van der Waals surface area contributed by atoms with E-state index in [0.717, 1.165) is 29.6 Å². The van der Waals surface area contributed by atoms with Crippen molar-refractivity contribution in [3.63, 3.8) is 0 Å². The zero-order valence-corrected chi connectivity index (χ0v) is 16.8. The minimum Gasteiger partial charge on any atom is -0.356 e. The number of sulfonamides is 1. The first-order chi connectivity index (χ1) is 14.6. The summed E-state index contributed by atoms with van der Waals surface area (Å²) in [5.41, 5.74) is 1.02. The number of amides is 1. The average Bonchev–Trinajstić information content (AvgIpc) is 2.74. The van der Waals surface area contributed by atoms with Crippen molar-refractivity contribution in [1.29, 1.82) is 0 Å². The van der Waals surface area contributed by atoms with Gasteiger partial charge in [0.1, 0.15) is 0 Å². The van der Waals surface area contributed by atoms with E-state index in [1.54, 1.807) is 24.3 Å². The van der Waals surface area contributed by atoms with Gasteiger partial charge in [-0.05, 0) is 54.6 Å². The quantitative estimate of drug-likeness (QED) is 0.500. The molecule has 1 amide bonds. The van der Waals surface area contributed by atoms with Crippen molar-refractivity contribution in [1.82, 2.24) is 4.72 Å². The van der Waals surface area contributed by atoms with E-state index in [2.05, 4.69) is 10.6 Å². The molecule has 10 heteroatoms. The maximum Gasteiger partial charge on any atom is 0.416 e. The number of nitrogens with one attached hydrogen (secondary N) is 3. The first-order valence-corrected chi connectivity index (χ1v) is 10.5. The Kier molecular flexibility index (Phi) is 6.62. The number of benzene rings is 3. The molecule has 3 rings (SSSR count). The molecular formula is C21H18F3N3O3S. The van der Waals surface area contributed by atoms with Gasteiger partial charge >= 0.3 is 6.18 Å². The van der Waals surface area contributed by atoms with Crippen LogP contribution in [0.3, 0.4) is 0 Å². The largest absolute Gasteiger partial charge is 0.416 e. The van der Waals surface area contributed by atoms with E-state index < -0.39 is 39.1 Å². The van der Waals surface area contributed by atoms with E-state index in [4.69, 9.17) is 0 Å². The average molecular weight is 449 g/mol. The van der Waals surface area contributed by atoms with Gasteiger partial charge in [0.15, 0.2) is 0 Å². The molecule has 0 saturated carbocycles. The van der Waals surface area contributed by atoms with E-state index in [1.807, 2.05) is 35.1 Å². The van der Waals surface area contributed by atoms with Crippen LogP contribution in [0.15, 0.2) is 83.8 Å². The van der Waals surface area contributed by atoms with E-state index in [-0.39, 0.29) is 0 Å². The number of hydrogen-bond donors (Lipinski definition) is 3. The third kappa shape index (κ3) is 6.30. The molecule has 0 radical (unpaired) electrons. The number of rotatable bonds is 7. The lowest BCUT2D eigenvalue weighted by Gasteiger charge is -2.11. The Hall–Kier alpha value is -3.37. The predicted octanol–water partition coefficient (Wildman–Crippen LogP) is 4.37. The minimum absolute atomic E-state index is 0.432. The van der Waals surface area contributed by atoms with Crippen molar-refractivity contribution in [3.05, 3.63) is 84.4 Å². The van der Waals surface area contributed by atoms with Crippen molar-refractivity contribution in [2.45, 2.75) is 11.1 Å². The summed E-state index contributed by atoms with van der Waals surface area (Å²) in [4.78, 5) is 11.5. The van der Waals surface area contributed by atoms with Crippen LogP contribution in [0.1, 0.15) is 5.56 Å². The fourth-order valence-corrected chi connectivity index (χ4v) is 3.64. The van der Waals surface area contributed by atoms with Gasteiger partial charge in [-0.15, -0.1) is 0 Å². The van der Waals surface area contributed by atoms with E-state index in [1.165, 1.54) is 0 Å². The van der Waals surface area contributed by atoms with Gasteiger partial charge in [-0.3, -0.25) is 4.79 Å². The Morgan fingerprint density at radius 2 is 1.42 bits per heavy atom. The SMILES string of the molecule is O=C(CNS(=O)(=O)c1cccc(C(F)(F)F)c1)Nc1ccc(Nc2ccccc2)cc1. The summed E-state index contributed by atoms with van der Waals surface area (Å²) in [5, 5.41) is 5.70. The van der Waals surface area contributed by atoms with Crippen LogP contribution in [0.5, 0.6) is 0 Å². The van der Waals surface area contributed by atoms with Crippen molar-refractivity contribution in [2.24, 2.45) is 0 Å². The molecule has 0 aromatic heterocycles. The van der Waals surface area contributed by atoms with Crippen LogP contribution in [0.4, 0.5) is 30.2 Å². The fraction of sp³-hybridized carbons (Fsp3) is 0.0952. The van der Waals surface area contributed by atoms with Crippen LogP contribution in [0.25, 0.3) is 0 Å². The highest BCUT2D eigenvalue weighted by Gasteiger charge is 2.31. The summed E-state index contributed by atoms with van der Waals surface area (Å²) in [7, 11) is -4.29. The summed E-state index contributed by atoms with van der Waals surface area (Å²) in [5.74, 6) is -0.667. The van der Waals surface area contributed by atoms with Crippen molar-refractivity contribution >= 4 is 33.0 Å². The molecule has 0 spiro atoms. The molecular weight excluding hydrogens is 431 g/mol. The van der Waals surface area contributed by atoms with Gasteiger partial charge < -0.3 is 10.6 Å². The predicted molar refractivity (Wildman–Crippen MR) is 111 cm³/mol. The number of carbonyl (C=O) groups excluding carboxylic acids is 1. The monoisotopic (exact) mass is 449 g/mol. The molecule has 162 valence electrons. The van der Waals surface area contributed by atoms with Gasteiger partial charge in [0.25, 0.3) is 0 Å². The molecule has 0 aliphatic heterocycles. The zero-order chi connectivity index (χ0) is 22.5. The molecule has 0 unspecified atom stereocenters. The maximum atomic E-state index is 12.8. The molecule has 31 heavy (non-hydrogen) atoms. The van der Waals surface area contributed by atoms with Crippen LogP contribution in [-0.4, -0.2) is 20.9 Å². The fourth-order valence-electron chi connectivity index (χ4n) is 2.61. The van der Waals surface area contributed by atoms with Crippen LogP contribution in [0.2, 0.25) is 0 Å². The number of alkyl halides is 3. The molecule has 0 bridgehead atoms. The van der Waals surface area contributed by atoms with E-state index in [0.29, 0.717) is 11.8 Å². The van der Waals surface area contributed by atoms with Crippen molar-refractivity contribution in [2.75, 3.05) is 17.2 Å². The lowest BCUT2D eigenvalue weighted by Crippen LogP contribution is -2.33. The highest BCUT2D eigenvalue weighted by atomic mass is 32.2. The molecule has 0 fully saturated rings. The molecule has 3 aromatic carbocycles. The Labute approximate surface area is 177 Å². The number of hydrogen-bond acceptors (Lipinski definition) is 4. The third-order valence-corrected chi connectivity index (χ3v) is 5.52. The topological polar surface area (TPSA) is 87.3 Å². The van der Waals surface area contributed by atoms with E-state index in [9.17, 15) is 26.4 Å². The Balaban J connectivity index is 1.57. The number of halogens is 3. The van der Waals surface area contributed by atoms with Crippen molar-refractivity contribution < 1.29 is 26.4 Å². The molecule has 0 atom stereocenters. The third-order valence-electron chi connectivity index (χ3n) is 4.13. The number of carbonyl (C=O) groups is 1. The van der Waals surface area contributed by atoms with Gasteiger partial charge in [0.2, 0.25) is 15.9 Å². The first kappa shape index (κ1) is 22.3. The van der Waals surface area contributed by atoms with Gasteiger partial charge in [-0.2, -0.15) is 13.2 Å². The Morgan fingerprint density at radius 3 is 2.06 bits per heavy atom. The summed E-state index contributed by atoms with van der Waals surface area (Å²) in [6.45, 7) is -0.636. The molecule has 3 aromatic rings. The molecule has 6 nitrogen and oxygen atoms in total. The molecule has 0 heterocycles. The first-order valence-electron chi connectivity index (χ1n) is 9.02. The smallest absolute Gasteiger partial charge is 0.356 e. The van der Waals surface area contributed by atoms with Gasteiger partial charge in [0.05, 0.1) is 17.0 Å². The Bertz CT molecular complexity index is 1150. The number of para-hydroxylation sites is 1. The summed E-state index contributed by atoms with van der Waals surface area (Å²) in [6, 6.07) is 19.5. The van der Waals surface area contributed by atoms with Crippen LogP contribution in [-0.2, 0) is 21.0 Å². The molecule has 0 aliphatic rings. The molecule has 3 N–H and O–H groups in total. The second-order valence-corrected chi connectivity index (χ2v) is 8.23. The van der Waals surface area contributed by atoms with Crippen LogP contribution >= 0.6 is 0 Å². The summed E-state index contributed by atoms with van der Waals surface area (Å²) in [6.07, 6.45) is -4.68. The van der Waals surface area contributed by atoms with Gasteiger partial charge in [-0.25, -0.2) is 13.1 Å². The van der Waals surface area contributed by atoms with Crippen LogP contribution < -0.4 is 15.4 Å². The van der Waals surface area contributed by atoms with Crippen LogP contribution in [0, 0.1) is 0 Å². The second kappa shape index (κ2) is 9.19. The normalized spacial score (nSPS) is 11.7. The summed E-state index contributed by atoms with van der Waals surface area (Å²) >= 11 is 0. The standard InChI is InChI=1S/C21H18F3N3O3S/c22-21(23,24)15-5-4-8-19(13-15)31(29,30)25-14-20(28)27-18-11-9-17(10-12-18)26-16-6-2-1-3-7-16/h1-13,25-26H,14H2,(H,27,28). The lowest BCUT2D eigenvalue weighted by atomic mass is 10.2. The molecule has 0 saturated heterocycles. The second-order valence-electron chi connectivity index (χ2n) is 6.47. The minimum atomic E-state index is -4.68. The van der Waals surface area contributed by atoms with Gasteiger partial charge in [-0.1, -0.05) is 24.3 Å². The Morgan fingerprint density at radius 1 is 0.806 bits per heavy atom. The highest BCUT2D eigenvalue weighted by Crippen LogP contribution is 2.30. The zero-order valence-electron chi connectivity index (χ0n) is 16.0. The van der Waals surface area contributed by atoms with E-state index >= 15 is 0 Å². The molecule has 0 aliphatic carbocycles. The maximum absolute atomic E-state index is 12.8. The highest BCUT2D eigenvalue weighted by molar-refractivity contribution is 7.89. The summed E-state index contributed by atoms with van der Waals surface area (Å²) < 4.78 is 64.8. The lowest BCUT2D eigenvalue weighted by molar-refractivity contribution is -0.137. The number of anilines is 3. The van der Waals surface area contributed by atoms with Crippen molar-refractivity contribution in [3.8, 4) is 0 Å². The van der Waals surface area contributed by atoms with Gasteiger partial charge in [0, 0.05) is 17.1 Å².